The van der Waals surface area contributed by atoms with Crippen LogP contribution in [0.2, 0.25) is 0 Å². The van der Waals surface area contributed by atoms with Crippen molar-refractivity contribution in [1.82, 2.24) is 4.98 Å². The molecular formula is C19H22N4O4. The Kier molecular flexibility index (Phi) is 5.36. The van der Waals surface area contributed by atoms with Crippen LogP contribution in [0.5, 0.6) is 0 Å². The SMILES string of the molecule is Cc1c(NC(=O)c2ccc(N3C[C@H](C)O[C@@H](C)C3)nc2)cccc1[N+](=O)[O-]. The topological polar surface area (TPSA) is 97.6 Å². The number of aromatic nitrogens is 1. The zero-order valence-electron chi connectivity index (χ0n) is 15.5. The molecule has 1 saturated heterocycles. The second-order valence-electron chi connectivity index (χ2n) is 6.73. The summed E-state index contributed by atoms with van der Waals surface area (Å²) in [4.78, 5) is 29.6. The van der Waals surface area contributed by atoms with Gasteiger partial charge < -0.3 is 15.0 Å². The van der Waals surface area contributed by atoms with Crippen molar-refractivity contribution in [3.8, 4) is 0 Å². The molecule has 1 aromatic carbocycles. The lowest BCUT2D eigenvalue weighted by atomic mass is 10.1. The number of amides is 1. The Morgan fingerprint density at radius 2 is 1.96 bits per heavy atom. The highest BCUT2D eigenvalue weighted by Crippen LogP contribution is 2.25. The summed E-state index contributed by atoms with van der Waals surface area (Å²) < 4.78 is 5.72. The molecular weight excluding hydrogens is 348 g/mol. The molecule has 8 heteroatoms. The number of benzene rings is 1. The molecule has 0 spiro atoms. The molecule has 1 N–H and O–H groups in total. The summed E-state index contributed by atoms with van der Waals surface area (Å²) in [5.41, 5.74) is 1.18. The number of nitrogens with one attached hydrogen (secondary N) is 1. The molecule has 1 aromatic heterocycles. The number of ether oxygens (including phenoxy) is 1. The molecule has 0 saturated carbocycles. The normalized spacial score (nSPS) is 19.6. The number of nitrogens with zero attached hydrogens (tertiary/aromatic N) is 3. The quantitative estimate of drug-likeness (QED) is 0.656. The van der Waals surface area contributed by atoms with E-state index in [4.69, 9.17) is 4.74 Å². The van der Waals surface area contributed by atoms with E-state index < -0.39 is 4.92 Å². The van der Waals surface area contributed by atoms with E-state index in [1.807, 2.05) is 13.8 Å². The summed E-state index contributed by atoms with van der Waals surface area (Å²) in [7, 11) is 0. The molecule has 27 heavy (non-hydrogen) atoms. The third-order valence-electron chi connectivity index (χ3n) is 4.50. The van der Waals surface area contributed by atoms with E-state index in [1.165, 1.54) is 12.3 Å². The van der Waals surface area contributed by atoms with Crippen molar-refractivity contribution in [2.75, 3.05) is 23.3 Å². The van der Waals surface area contributed by atoms with Gasteiger partial charge in [-0.25, -0.2) is 4.98 Å². The summed E-state index contributed by atoms with van der Waals surface area (Å²) >= 11 is 0. The van der Waals surface area contributed by atoms with E-state index in [0.717, 1.165) is 18.9 Å². The van der Waals surface area contributed by atoms with Crippen molar-refractivity contribution < 1.29 is 14.5 Å². The van der Waals surface area contributed by atoms with Gasteiger partial charge in [0.2, 0.25) is 0 Å². The van der Waals surface area contributed by atoms with Gasteiger partial charge in [-0.1, -0.05) is 6.07 Å². The number of morpholine rings is 1. The number of pyridine rings is 1. The minimum absolute atomic E-state index is 0.0307. The Bertz CT molecular complexity index is 843. The van der Waals surface area contributed by atoms with Crippen LogP contribution in [0.3, 0.4) is 0 Å². The van der Waals surface area contributed by atoms with E-state index in [0.29, 0.717) is 16.8 Å². The number of hydrogen-bond acceptors (Lipinski definition) is 6. The van der Waals surface area contributed by atoms with Crippen LogP contribution in [0.4, 0.5) is 17.2 Å². The van der Waals surface area contributed by atoms with Crippen LogP contribution >= 0.6 is 0 Å². The molecule has 1 aliphatic rings. The first-order chi connectivity index (χ1) is 12.8. The summed E-state index contributed by atoms with van der Waals surface area (Å²) in [5.74, 6) is 0.432. The Balaban J connectivity index is 1.73. The second kappa shape index (κ2) is 7.71. The van der Waals surface area contributed by atoms with Gasteiger partial charge in [-0.15, -0.1) is 0 Å². The predicted octanol–water partition coefficient (Wildman–Crippen LogP) is 3.16. The van der Waals surface area contributed by atoms with E-state index in [-0.39, 0.29) is 23.8 Å². The maximum Gasteiger partial charge on any atom is 0.274 e. The molecule has 0 radical (unpaired) electrons. The average Bonchev–Trinajstić information content (AvgIpc) is 2.62. The number of nitro groups is 1. The fraction of sp³-hybridized carbons (Fsp3) is 0.368. The van der Waals surface area contributed by atoms with Crippen molar-refractivity contribution in [3.05, 3.63) is 57.8 Å². The van der Waals surface area contributed by atoms with Crippen molar-refractivity contribution in [3.63, 3.8) is 0 Å². The van der Waals surface area contributed by atoms with Gasteiger partial charge >= 0.3 is 0 Å². The molecule has 0 aliphatic carbocycles. The smallest absolute Gasteiger partial charge is 0.274 e. The molecule has 2 atom stereocenters. The number of nitro benzene ring substituents is 1. The van der Waals surface area contributed by atoms with E-state index in [9.17, 15) is 14.9 Å². The Morgan fingerprint density at radius 3 is 2.56 bits per heavy atom. The summed E-state index contributed by atoms with van der Waals surface area (Å²) in [5, 5.41) is 13.8. The third-order valence-corrected chi connectivity index (χ3v) is 4.50. The van der Waals surface area contributed by atoms with E-state index in [1.54, 1.807) is 31.2 Å². The number of anilines is 2. The van der Waals surface area contributed by atoms with Gasteiger partial charge in [-0.3, -0.25) is 14.9 Å². The standard InChI is InChI=1S/C19H22N4O4/c1-12-10-22(11-13(2)27-12)18-8-7-15(9-20-18)19(24)21-16-5-4-6-17(14(16)3)23(25)26/h4-9,12-13H,10-11H2,1-3H3,(H,21,24)/t12-,13-/m0/s1. The molecule has 2 heterocycles. The largest absolute Gasteiger partial charge is 0.372 e. The average molecular weight is 370 g/mol. The fourth-order valence-corrected chi connectivity index (χ4v) is 3.22. The van der Waals surface area contributed by atoms with Crippen LogP contribution in [0.15, 0.2) is 36.5 Å². The van der Waals surface area contributed by atoms with Crippen LogP contribution in [-0.4, -0.2) is 41.1 Å². The molecule has 1 amide bonds. The Labute approximate surface area is 157 Å². The lowest BCUT2D eigenvalue weighted by molar-refractivity contribution is -0.385. The monoisotopic (exact) mass is 370 g/mol. The van der Waals surface area contributed by atoms with Crippen LogP contribution in [-0.2, 0) is 4.74 Å². The summed E-state index contributed by atoms with van der Waals surface area (Å²) in [6.07, 6.45) is 1.76. The molecule has 0 bridgehead atoms. The van der Waals surface area contributed by atoms with Crippen molar-refractivity contribution in [2.24, 2.45) is 0 Å². The summed E-state index contributed by atoms with van der Waals surface area (Å²) in [6.45, 7) is 7.14. The Morgan fingerprint density at radius 1 is 1.26 bits per heavy atom. The number of carbonyl (C=O) groups is 1. The van der Waals surface area contributed by atoms with Crippen LogP contribution in [0.1, 0.15) is 29.8 Å². The lowest BCUT2D eigenvalue weighted by Gasteiger charge is -2.36. The predicted molar refractivity (Wildman–Crippen MR) is 102 cm³/mol. The molecule has 1 fully saturated rings. The third kappa shape index (κ3) is 4.22. The van der Waals surface area contributed by atoms with Gasteiger partial charge in [0.15, 0.2) is 0 Å². The highest BCUT2D eigenvalue weighted by molar-refractivity contribution is 6.04. The minimum atomic E-state index is -0.467. The van der Waals surface area contributed by atoms with E-state index in [2.05, 4.69) is 15.2 Å². The number of rotatable bonds is 4. The fourth-order valence-electron chi connectivity index (χ4n) is 3.22. The number of hydrogen-bond donors (Lipinski definition) is 1. The maximum absolute atomic E-state index is 12.5. The first-order valence-corrected chi connectivity index (χ1v) is 8.77. The van der Waals surface area contributed by atoms with Crippen molar-refractivity contribution >= 4 is 23.1 Å². The van der Waals surface area contributed by atoms with Crippen LogP contribution in [0, 0.1) is 17.0 Å². The van der Waals surface area contributed by atoms with E-state index >= 15 is 0 Å². The first-order valence-electron chi connectivity index (χ1n) is 8.77. The van der Waals surface area contributed by atoms with Gasteiger partial charge in [-0.2, -0.15) is 0 Å². The second-order valence-corrected chi connectivity index (χ2v) is 6.73. The molecule has 2 aromatic rings. The Hall–Kier alpha value is -3.00. The van der Waals surface area contributed by atoms with Gasteiger partial charge in [-0.05, 0) is 39.0 Å². The molecule has 1 aliphatic heterocycles. The first kappa shape index (κ1) is 18.8. The highest BCUT2D eigenvalue weighted by Gasteiger charge is 2.23. The highest BCUT2D eigenvalue weighted by atomic mass is 16.6. The molecule has 3 rings (SSSR count). The lowest BCUT2D eigenvalue weighted by Crippen LogP contribution is -2.45. The molecule has 0 unspecified atom stereocenters. The van der Waals surface area contributed by atoms with Crippen molar-refractivity contribution in [2.45, 2.75) is 33.0 Å². The maximum atomic E-state index is 12.5. The van der Waals surface area contributed by atoms with Gasteiger partial charge in [0.25, 0.3) is 11.6 Å². The molecule has 142 valence electrons. The van der Waals surface area contributed by atoms with Crippen LogP contribution in [0.25, 0.3) is 0 Å². The zero-order chi connectivity index (χ0) is 19.6. The van der Waals surface area contributed by atoms with Crippen LogP contribution < -0.4 is 10.2 Å². The zero-order valence-corrected chi connectivity index (χ0v) is 15.5. The van der Waals surface area contributed by atoms with Gasteiger partial charge in [0, 0.05) is 25.4 Å². The van der Waals surface area contributed by atoms with Crippen molar-refractivity contribution in [1.29, 1.82) is 0 Å². The number of carbonyl (C=O) groups excluding carboxylic acids is 1. The minimum Gasteiger partial charge on any atom is -0.372 e. The molecule has 8 nitrogen and oxygen atoms in total. The van der Waals surface area contributed by atoms with Gasteiger partial charge in [0.1, 0.15) is 5.82 Å². The van der Waals surface area contributed by atoms with Gasteiger partial charge in [0.05, 0.1) is 33.9 Å². The summed E-state index contributed by atoms with van der Waals surface area (Å²) in [6, 6.07) is 8.10.